The molecule has 1 heterocycles. The number of hydrogen-bond donors (Lipinski definition) is 1. The molecule has 0 aliphatic rings. The number of aromatic nitrogens is 2. The number of nitrogens with zero attached hydrogens (tertiary/aromatic N) is 2. The van der Waals surface area contributed by atoms with Gasteiger partial charge in [-0.05, 0) is 58.1 Å². The maximum absolute atomic E-state index is 4.55. The van der Waals surface area contributed by atoms with Crippen molar-refractivity contribution in [3.63, 3.8) is 0 Å². The van der Waals surface area contributed by atoms with Crippen LogP contribution in [-0.4, -0.2) is 21.9 Å². The zero-order valence-electron chi connectivity index (χ0n) is 13.7. The lowest BCUT2D eigenvalue weighted by Crippen LogP contribution is -2.40. The first-order valence-electron chi connectivity index (χ1n) is 7.49. The molecule has 0 aliphatic heterocycles. The minimum atomic E-state index is 0.189. The van der Waals surface area contributed by atoms with E-state index in [1.807, 2.05) is 4.68 Å². The summed E-state index contributed by atoms with van der Waals surface area (Å²) in [6, 6.07) is 2.26. The smallest absolute Gasteiger partial charge is 0.0624 e. The fraction of sp³-hybridized carbons (Fsp3) is 0.812. The van der Waals surface area contributed by atoms with Crippen LogP contribution in [0.1, 0.15) is 52.9 Å². The molecule has 0 radical (unpaired) electrons. The first kappa shape index (κ1) is 16.2. The zero-order valence-corrected chi connectivity index (χ0v) is 13.7. The highest BCUT2D eigenvalue weighted by Crippen LogP contribution is 2.18. The SMILES string of the molecule is CCc1cc(CC(CNC(C)(C)C)C(C)C)n(C)n1. The summed E-state index contributed by atoms with van der Waals surface area (Å²) in [5.74, 6) is 1.33. The van der Waals surface area contributed by atoms with Crippen LogP contribution >= 0.6 is 0 Å². The van der Waals surface area contributed by atoms with E-state index >= 15 is 0 Å². The molecule has 110 valence electrons. The predicted molar refractivity (Wildman–Crippen MR) is 82.4 cm³/mol. The maximum atomic E-state index is 4.55. The van der Waals surface area contributed by atoms with Gasteiger partial charge in [0.25, 0.3) is 0 Å². The van der Waals surface area contributed by atoms with Gasteiger partial charge in [-0.2, -0.15) is 5.10 Å². The standard InChI is InChI=1S/C16H31N3/c1-8-14-10-15(19(7)18-14)9-13(12(2)3)11-17-16(4,5)6/h10,12-13,17H,8-9,11H2,1-7H3. The molecule has 1 aromatic rings. The Labute approximate surface area is 118 Å². The third-order valence-electron chi connectivity index (χ3n) is 3.70. The van der Waals surface area contributed by atoms with Crippen molar-refractivity contribution in [1.82, 2.24) is 15.1 Å². The summed E-state index contributed by atoms with van der Waals surface area (Å²) >= 11 is 0. The molecule has 3 nitrogen and oxygen atoms in total. The molecule has 0 saturated carbocycles. The molecule has 0 bridgehead atoms. The summed E-state index contributed by atoms with van der Waals surface area (Å²) in [6.45, 7) is 14.5. The van der Waals surface area contributed by atoms with Crippen LogP contribution in [0.25, 0.3) is 0 Å². The Kier molecular flexibility index (Phi) is 5.60. The van der Waals surface area contributed by atoms with Crippen molar-refractivity contribution in [3.05, 3.63) is 17.5 Å². The third-order valence-corrected chi connectivity index (χ3v) is 3.70. The molecule has 1 atom stereocenters. The monoisotopic (exact) mass is 265 g/mol. The van der Waals surface area contributed by atoms with Gasteiger partial charge in [0, 0.05) is 18.3 Å². The fourth-order valence-corrected chi connectivity index (χ4v) is 2.18. The average molecular weight is 265 g/mol. The molecule has 1 N–H and O–H groups in total. The highest BCUT2D eigenvalue weighted by molar-refractivity contribution is 5.11. The molecule has 19 heavy (non-hydrogen) atoms. The van der Waals surface area contributed by atoms with Gasteiger partial charge in [0.15, 0.2) is 0 Å². The lowest BCUT2D eigenvalue weighted by atomic mass is 9.90. The van der Waals surface area contributed by atoms with E-state index in [9.17, 15) is 0 Å². The maximum Gasteiger partial charge on any atom is 0.0624 e. The van der Waals surface area contributed by atoms with Gasteiger partial charge in [0.2, 0.25) is 0 Å². The van der Waals surface area contributed by atoms with E-state index in [1.165, 1.54) is 11.4 Å². The van der Waals surface area contributed by atoms with Crippen molar-refractivity contribution in [2.75, 3.05) is 6.54 Å². The van der Waals surface area contributed by atoms with Gasteiger partial charge in [-0.25, -0.2) is 0 Å². The van der Waals surface area contributed by atoms with Crippen LogP contribution in [0.2, 0.25) is 0 Å². The van der Waals surface area contributed by atoms with Gasteiger partial charge in [-0.1, -0.05) is 20.8 Å². The van der Waals surface area contributed by atoms with E-state index in [0.717, 1.165) is 19.4 Å². The largest absolute Gasteiger partial charge is 0.312 e. The van der Waals surface area contributed by atoms with Crippen molar-refractivity contribution in [3.8, 4) is 0 Å². The third kappa shape index (κ3) is 5.35. The van der Waals surface area contributed by atoms with E-state index in [2.05, 4.69) is 65.1 Å². The van der Waals surface area contributed by atoms with Crippen LogP contribution in [-0.2, 0) is 19.9 Å². The second kappa shape index (κ2) is 6.56. The molecule has 0 aliphatic carbocycles. The highest BCUT2D eigenvalue weighted by atomic mass is 15.3. The topological polar surface area (TPSA) is 29.9 Å². The van der Waals surface area contributed by atoms with Crippen molar-refractivity contribution < 1.29 is 0 Å². The fourth-order valence-electron chi connectivity index (χ4n) is 2.18. The molecule has 0 amide bonds. The van der Waals surface area contributed by atoms with Crippen molar-refractivity contribution in [1.29, 1.82) is 0 Å². The van der Waals surface area contributed by atoms with Crippen LogP contribution < -0.4 is 5.32 Å². The molecule has 3 heteroatoms. The number of nitrogens with one attached hydrogen (secondary N) is 1. The van der Waals surface area contributed by atoms with Gasteiger partial charge in [0.05, 0.1) is 5.69 Å². The van der Waals surface area contributed by atoms with E-state index in [-0.39, 0.29) is 5.54 Å². The van der Waals surface area contributed by atoms with Crippen molar-refractivity contribution in [2.45, 2.75) is 59.9 Å². The van der Waals surface area contributed by atoms with Crippen LogP contribution in [0.15, 0.2) is 6.07 Å². The Morgan fingerprint density at radius 3 is 2.37 bits per heavy atom. The van der Waals surface area contributed by atoms with Crippen LogP contribution in [0, 0.1) is 11.8 Å². The van der Waals surface area contributed by atoms with E-state index < -0.39 is 0 Å². The summed E-state index contributed by atoms with van der Waals surface area (Å²) in [6.07, 6.45) is 2.12. The summed E-state index contributed by atoms with van der Waals surface area (Å²) in [4.78, 5) is 0. The van der Waals surface area contributed by atoms with Crippen molar-refractivity contribution >= 4 is 0 Å². The van der Waals surface area contributed by atoms with Gasteiger partial charge in [-0.3, -0.25) is 4.68 Å². The first-order valence-corrected chi connectivity index (χ1v) is 7.49. The Hall–Kier alpha value is -0.830. The van der Waals surface area contributed by atoms with Crippen molar-refractivity contribution in [2.24, 2.45) is 18.9 Å². The van der Waals surface area contributed by atoms with Gasteiger partial charge in [-0.15, -0.1) is 0 Å². The first-order chi connectivity index (χ1) is 8.73. The molecular formula is C16H31N3. The molecule has 1 rings (SSSR count). The molecule has 0 saturated heterocycles. The van der Waals surface area contributed by atoms with Gasteiger partial charge in [0.1, 0.15) is 0 Å². The normalized spacial score (nSPS) is 14.1. The Morgan fingerprint density at radius 1 is 1.32 bits per heavy atom. The van der Waals surface area contributed by atoms with Crippen LogP contribution in [0.4, 0.5) is 0 Å². The summed E-state index contributed by atoms with van der Waals surface area (Å²) in [5, 5.41) is 8.18. The van der Waals surface area contributed by atoms with Gasteiger partial charge >= 0.3 is 0 Å². The second-order valence-electron chi connectivity index (χ2n) is 6.94. The molecular weight excluding hydrogens is 234 g/mol. The number of aryl methyl sites for hydroxylation is 2. The van der Waals surface area contributed by atoms with E-state index in [4.69, 9.17) is 0 Å². The molecule has 1 aromatic heterocycles. The minimum absolute atomic E-state index is 0.189. The lowest BCUT2D eigenvalue weighted by Gasteiger charge is -2.27. The number of hydrogen-bond acceptors (Lipinski definition) is 2. The Morgan fingerprint density at radius 2 is 1.95 bits per heavy atom. The quantitative estimate of drug-likeness (QED) is 0.856. The summed E-state index contributed by atoms with van der Waals surface area (Å²) < 4.78 is 2.05. The van der Waals surface area contributed by atoms with Crippen LogP contribution in [0.3, 0.4) is 0 Å². The molecule has 0 aromatic carbocycles. The summed E-state index contributed by atoms with van der Waals surface area (Å²) in [5.41, 5.74) is 2.74. The summed E-state index contributed by atoms with van der Waals surface area (Å²) in [7, 11) is 2.06. The zero-order chi connectivity index (χ0) is 14.6. The van der Waals surface area contributed by atoms with Crippen LogP contribution in [0.5, 0.6) is 0 Å². The molecule has 1 unspecified atom stereocenters. The average Bonchev–Trinajstić information content (AvgIpc) is 2.63. The van der Waals surface area contributed by atoms with E-state index in [0.29, 0.717) is 11.8 Å². The lowest BCUT2D eigenvalue weighted by molar-refractivity contribution is 0.308. The second-order valence-corrected chi connectivity index (χ2v) is 6.94. The van der Waals surface area contributed by atoms with Gasteiger partial charge < -0.3 is 5.32 Å². The minimum Gasteiger partial charge on any atom is -0.312 e. The van der Waals surface area contributed by atoms with E-state index in [1.54, 1.807) is 0 Å². The Bertz CT molecular complexity index is 385. The number of rotatable bonds is 6. The predicted octanol–water partition coefficient (Wildman–Crippen LogP) is 3.19. The highest BCUT2D eigenvalue weighted by Gasteiger charge is 2.19. The Balaban J connectivity index is 2.70. The molecule has 0 fully saturated rings. The molecule has 0 spiro atoms.